The van der Waals surface area contributed by atoms with Crippen LogP contribution >= 0.6 is 12.0 Å². The van der Waals surface area contributed by atoms with E-state index in [9.17, 15) is 66.8 Å². The summed E-state index contributed by atoms with van der Waals surface area (Å²) in [7, 11) is -4.78. The van der Waals surface area contributed by atoms with Crippen LogP contribution in [0.15, 0.2) is 70.1 Å². The molecule has 0 saturated carbocycles. The summed E-state index contributed by atoms with van der Waals surface area (Å²) in [6.45, 7) is 6.76. The van der Waals surface area contributed by atoms with E-state index in [1.165, 1.54) is 12.1 Å². The summed E-state index contributed by atoms with van der Waals surface area (Å²) in [4.78, 5) is 99.5. The summed E-state index contributed by atoms with van der Waals surface area (Å²) < 4.78 is 41.4. The second-order valence-electron chi connectivity index (χ2n) is 21.7. The van der Waals surface area contributed by atoms with Crippen LogP contribution in [0.25, 0.3) is 0 Å². The van der Waals surface area contributed by atoms with Crippen LogP contribution in [0.5, 0.6) is 0 Å². The van der Waals surface area contributed by atoms with E-state index in [-0.39, 0.29) is 94.5 Å². The molecule has 4 unspecified atom stereocenters. The molecule has 2 aromatic rings. The number of carboxylic acid groups (broad SMARTS) is 6. The van der Waals surface area contributed by atoms with Crippen LogP contribution in [0.3, 0.4) is 0 Å². The number of fused-ring (bicyclic) bond motifs is 2. The molecule has 0 aromatic heterocycles. The Labute approximate surface area is 518 Å². The number of hydrogen-bond acceptors (Lipinski definition) is 18. The van der Waals surface area contributed by atoms with Gasteiger partial charge in [0, 0.05) is 98.8 Å². The maximum absolute atomic E-state index is 12.8. The minimum absolute atomic E-state index is 0. The predicted octanol–water partition coefficient (Wildman–Crippen LogP) is 2.77. The smallest absolute Gasteiger partial charge is 0.320 e. The molecule has 0 saturated heterocycles. The number of quaternary nitrogens is 1. The maximum Gasteiger partial charge on any atom is 0.320 e. The SMILES string of the molecule is CC1(C)/C(=C\C=C\C2[NH+](CCCCCC(=O)NCCCCC(C(=O)O)N(CC(=O)O)CC(=O)O)c3ccc(S(=O)(=O)[O-])cc3C2(C)C)N(CCCCCC(=O)NCCCCC(C(=O)O)N(CC(=O)O)CC(=O)O)c2ccc(SOO[O-])cc21.[Ni].[Ni]. The average Bonchev–Trinajstić information content (AvgIpc) is 2.33. The summed E-state index contributed by atoms with van der Waals surface area (Å²) in [5.74, 6) is -8.52. The minimum atomic E-state index is -4.78. The molecular formula is C55H77N6Ni2O20S2-. The Kier molecular flexibility index (Phi) is 32.0. The Morgan fingerprint density at radius 2 is 1.20 bits per heavy atom. The predicted molar refractivity (Wildman–Crippen MR) is 296 cm³/mol. The molecule has 0 radical (unpaired) electrons. The maximum atomic E-state index is 12.8. The number of rotatable bonds is 40. The van der Waals surface area contributed by atoms with Gasteiger partial charge in [0.25, 0.3) is 0 Å². The monoisotopic (exact) mass is 1320 g/mol. The molecule has 2 aliphatic heterocycles. The molecule has 0 spiro atoms. The van der Waals surface area contributed by atoms with Crippen molar-refractivity contribution in [2.24, 2.45) is 0 Å². The van der Waals surface area contributed by atoms with Crippen LogP contribution in [0.1, 0.15) is 129 Å². The number of nitrogens with zero attached hydrogens (tertiary/aromatic N) is 3. The number of carbonyl (C=O) groups is 8. The number of carboxylic acids is 6. The summed E-state index contributed by atoms with van der Waals surface area (Å²) >= 11 is 0.772. The van der Waals surface area contributed by atoms with Crippen LogP contribution in [0.2, 0.25) is 0 Å². The average molecular weight is 1320 g/mol. The molecule has 0 fully saturated rings. The van der Waals surface area contributed by atoms with Crippen molar-refractivity contribution in [3.05, 3.63) is 71.5 Å². The summed E-state index contributed by atoms with van der Waals surface area (Å²) in [6.07, 6.45) is 11.7. The molecule has 2 amide bonds. The fourth-order valence-corrected chi connectivity index (χ4v) is 11.8. The van der Waals surface area contributed by atoms with Gasteiger partial charge in [-0.05, 0) is 133 Å². The Bertz CT molecular complexity index is 2770. The van der Waals surface area contributed by atoms with E-state index in [0.29, 0.717) is 87.8 Å². The van der Waals surface area contributed by atoms with Crippen molar-refractivity contribution in [1.29, 1.82) is 0 Å². The zero-order valence-electron chi connectivity index (χ0n) is 47.7. The van der Waals surface area contributed by atoms with Crippen LogP contribution in [-0.2, 0) is 102 Å². The molecule has 2 aromatic carbocycles. The van der Waals surface area contributed by atoms with Crippen molar-refractivity contribution in [3.8, 4) is 0 Å². The first-order chi connectivity index (χ1) is 39.1. The normalized spacial score (nSPS) is 16.9. The first kappa shape index (κ1) is 75.6. The van der Waals surface area contributed by atoms with Crippen LogP contribution in [-0.4, -0.2) is 172 Å². The first-order valence-electron chi connectivity index (χ1n) is 27.3. The quantitative estimate of drug-likeness (QED) is 0.0116. The molecular weight excluding hydrogens is 1250 g/mol. The number of unbranched alkanes of at least 4 members (excludes halogenated alkanes) is 6. The van der Waals surface area contributed by atoms with Crippen LogP contribution in [0, 0.1) is 0 Å². The van der Waals surface area contributed by atoms with E-state index in [0.717, 1.165) is 49.4 Å². The van der Waals surface area contributed by atoms with Gasteiger partial charge in [0.2, 0.25) is 11.8 Å². The molecule has 0 aliphatic carbocycles. The Balaban J connectivity index is 0.0000123. The number of aliphatic carboxylic acids is 6. The molecule has 2 aliphatic rings. The number of allylic oxidation sites excluding steroid dienone is 3. The number of amides is 2. The van der Waals surface area contributed by atoms with Gasteiger partial charge < -0.3 is 56.0 Å². The van der Waals surface area contributed by atoms with Crippen molar-refractivity contribution in [3.63, 3.8) is 0 Å². The van der Waals surface area contributed by atoms with Gasteiger partial charge in [0.05, 0.1) is 55.1 Å². The van der Waals surface area contributed by atoms with Gasteiger partial charge in [-0.25, -0.2) is 8.42 Å². The number of anilines is 1. The van der Waals surface area contributed by atoms with Crippen molar-refractivity contribution in [2.45, 2.75) is 156 Å². The Morgan fingerprint density at radius 3 is 1.67 bits per heavy atom. The van der Waals surface area contributed by atoms with E-state index in [1.54, 1.807) is 12.1 Å². The minimum Gasteiger partial charge on any atom is -0.744 e. The largest absolute Gasteiger partial charge is 0.744 e. The molecule has 2 heterocycles. The van der Waals surface area contributed by atoms with Crippen molar-refractivity contribution >= 4 is 81.2 Å². The fourth-order valence-electron chi connectivity index (χ4n) is 10.9. The van der Waals surface area contributed by atoms with Crippen molar-refractivity contribution in [1.82, 2.24) is 20.4 Å². The van der Waals surface area contributed by atoms with E-state index >= 15 is 0 Å². The zero-order valence-corrected chi connectivity index (χ0v) is 51.3. The van der Waals surface area contributed by atoms with E-state index in [4.69, 9.17) is 20.4 Å². The molecule has 4 atom stereocenters. The van der Waals surface area contributed by atoms with E-state index < -0.39 is 95.0 Å². The molecule has 85 heavy (non-hydrogen) atoms. The fraction of sp³-hybridized carbons (Fsp3) is 0.564. The van der Waals surface area contributed by atoms with E-state index in [1.807, 2.05) is 38.1 Å². The van der Waals surface area contributed by atoms with Gasteiger partial charge in [-0.3, -0.25) is 58.1 Å². The second-order valence-corrected chi connectivity index (χ2v) is 23.8. The first-order valence-corrected chi connectivity index (χ1v) is 29.5. The molecule has 480 valence electrons. The van der Waals surface area contributed by atoms with Gasteiger partial charge >= 0.3 is 35.8 Å². The van der Waals surface area contributed by atoms with Crippen LogP contribution in [0.4, 0.5) is 11.4 Å². The van der Waals surface area contributed by atoms with Gasteiger partial charge in [-0.2, -0.15) is 4.33 Å². The Morgan fingerprint density at radius 1 is 0.694 bits per heavy atom. The summed E-state index contributed by atoms with van der Waals surface area (Å²) in [5.41, 5.74) is 3.12. The third kappa shape index (κ3) is 23.3. The molecule has 30 heteroatoms. The third-order valence-corrected chi connectivity index (χ3v) is 16.3. The number of nitrogens with one attached hydrogen (secondary N) is 3. The summed E-state index contributed by atoms with van der Waals surface area (Å²) in [5, 5.41) is 75.8. The van der Waals surface area contributed by atoms with E-state index in [2.05, 4.69) is 44.8 Å². The van der Waals surface area contributed by atoms with Gasteiger partial charge in [-0.1, -0.05) is 26.3 Å². The zero-order chi connectivity index (χ0) is 61.7. The number of benzene rings is 2. The third-order valence-electron chi connectivity index (χ3n) is 14.9. The summed E-state index contributed by atoms with van der Waals surface area (Å²) in [6, 6.07) is 7.21. The molecule has 26 nitrogen and oxygen atoms in total. The van der Waals surface area contributed by atoms with Crippen molar-refractivity contribution in [2.75, 3.05) is 57.3 Å². The van der Waals surface area contributed by atoms with Crippen molar-refractivity contribution < 1.29 is 134 Å². The van der Waals surface area contributed by atoms with Crippen LogP contribution < -0.4 is 25.7 Å². The second kappa shape index (κ2) is 36.0. The molecule has 0 bridgehead atoms. The topological polar surface area (TPSA) is 395 Å². The number of carbonyl (C=O) groups excluding carboxylic acids is 2. The molecule has 9 N–H and O–H groups in total. The van der Waals surface area contributed by atoms with Gasteiger partial charge in [0.1, 0.15) is 33.9 Å². The standard InChI is InChI=1S/C55H78N6O20S2.2Ni/c1-54(2)38-30-36(82-81-80-76)22-24-40(38)60(28-13-5-7-20-46(62)56-26-11-9-16-42(52(72)73)58(32-48(64)65)33-49(66)67)44(54)18-15-19-45-55(3,4)39-31-37(83(77,78)79)23-25-41(39)61(45)29-14-6-8-21-47(63)57-27-12-10-17-43(53(74)75)59(34-50(68)69)35-51(70)71;;/h15,18-19,22-25,30-31,42-43,45,76H,5-14,16-17,20-21,26-29,32-35H2,1-4H3,(H,56,62)(H,57,63)(H,64,65)(H,66,67)(H,68,69)(H,70,71)(H,72,73)(H,74,75)(H,77,78,79);;/p-1/b19-15+,44-18+;;. The van der Waals surface area contributed by atoms with Gasteiger partial charge in [0.15, 0.2) is 0 Å². The Hall–Kier alpha value is -5.51. The number of hydrogen-bond donors (Lipinski definition) is 9. The van der Waals surface area contributed by atoms with Gasteiger partial charge in [-0.15, -0.1) is 0 Å². The molecule has 4 rings (SSSR count).